The van der Waals surface area contributed by atoms with E-state index in [9.17, 15) is 43.2 Å². The van der Waals surface area contributed by atoms with Gasteiger partial charge in [-0.25, -0.2) is 9.13 Å². The number of hydrogen-bond acceptors (Lipinski definition) is 15. The van der Waals surface area contributed by atoms with Gasteiger partial charge in [0.05, 0.1) is 26.4 Å². The first-order valence-electron chi connectivity index (χ1n) is 37.3. The molecule has 0 aromatic heterocycles. The Balaban J connectivity index is 5.24. The zero-order valence-corrected chi connectivity index (χ0v) is 59.9. The molecule has 0 radical (unpaired) electrons. The van der Waals surface area contributed by atoms with Gasteiger partial charge in [-0.2, -0.15) is 0 Å². The molecular weight excluding hydrogens is 1190 g/mol. The van der Waals surface area contributed by atoms with Crippen LogP contribution in [0.25, 0.3) is 0 Å². The van der Waals surface area contributed by atoms with E-state index in [4.69, 9.17) is 37.0 Å². The zero-order valence-electron chi connectivity index (χ0n) is 58.1. The van der Waals surface area contributed by atoms with Gasteiger partial charge < -0.3 is 33.8 Å². The van der Waals surface area contributed by atoms with E-state index in [-0.39, 0.29) is 25.7 Å². The summed E-state index contributed by atoms with van der Waals surface area (Å²) < 4.78 is 68.3. The van der Waals surface area contributed by atoms with Crippen LogP contribution in [0.1, 0.15) is 374 Å². The smallest absolute Gasteiger partial charge is 0.462 e. The first-order chi connectivity index (χ1) is 43.7. The van der Waals surface area contributed by atoms with Gasteiger partial charge in [0, 0.05) is 25.7 Å². The Labute approximate surface area is 549 Å². The predicted molar refractivity (Wildman–Crippen MR) is 363 cm³/mol. The summed E-state index contributed by atoms with van der Waals surface area (Å²) in [6.07, 6.45) is 53.9. The molecule has 17 nitrogen and oxygen atoms in total. The van der Waals surface area contributed by atoms with Crippen LogP contribution in [0.3, 0.4) is 0 Å². The van der Waals surface area contributed by atoms with Gasteiger partial charge in [0.2, 0.25) is 0 Å². The first-order valence-corrected chi connectivity index (χ1v) is 40.3. The lowest BCUT2D eigenvalue weighted by Crippen LogP contribution is -2.30. The summed E-state index contributed by atoms with van der Waals surface area (Å²) in [4.78, 5) is 72.6. The van der Waals surface area contributed by atoms with Gasteiger partial charge in [0.25, 0.3) is 0 Å². The molecule has 0 heterocycles. The highest BCUT2D eigenvalue weighted by atomic mass is 31.2. The van der Waals surface area contributed by atoms with Crippen LogP contribution < -0.4 is 0 Å². The van der Waals surface area contributed by atoms with Crippen molar-refractivity contribution in [3.05, 3.63) is 0 Å². The summed E-state index contributed by atoms with van der Waals surface area (Å²) in [5.41, 5.74) is 0. The predicted octanol–water partition coefficient (Wildman–Crippen LogP) is 20.7. The Morgan fingerprint density at radius 1 is 0.267 bits per heavy atom. The zero-order chi connectivity index (χ0) is 66.1. The number of carbonyl (C=O) groups excluding carboxylic acids is 4. The number of hydrogen-bond donors (Lipinski definition) is 3. The van der Waals surface area contributed by atoms with Crippen LogP contribution in [-0.4, -0.2) is 96.7 Å². The van der Waals surface area contributed by atoms with E-state index in [1.54, 1.807) is 0 Å². The standard InChI is InChI=1S/C71H138O17P2/c1-5-9-13-17-21-25-29-32-33-35-38-42-46-50-54-58-71(76)88-67(62-82-69(74)56-52-48-44-40-37-34-30-26-22-18-14-10-6-2)64-86-90(79,80)84-60-65(72)59-83-89(77,78)85-63-66(61-81-68(73)55-51-47-43-39-28-24-20-16-12-8-4)87-70(75)57-53-49-45-41-36-31-27-23-19-15-11-7-3/h65-67,72H,5-64H2,1-4H3,(H,77,78)(H,79,80)/t65-,66+,67+/m0/s1. The van der Waals surface area contributed by atoms with E-state index in [0.29, 0.717) is 25.7 Å². The minimum Gasteiger partial charge on any atom is -0.462 e. The van der Waals surface area contributed by atoms with Crippen LogP contribution in [0.15, 0.2) is 0 Å². The number of ether oxygens (including phenoxy) is 4. The molecule has 90 heavy (non-hydrogen) atoms. The van der Waals surface area contributed by atoms with Crippen molar-refractivity contribution in [1.29, 1.82) is 0 Å². The van der Waals surface area contributed by atoms with Crippen LogP contribution in [0.2, 0.25) is 0 Å². The van der Waals surface area contributed by atoms with Crippen molar-refractivity contribution < 1.29 is 80.2 Å². The third-order valence-corrected chi connectivity index (χ3v) is 18.5. The summed E-state index contributed by atoms with van der Waals surface area (Å²) >= 11 is 0. The van der Waals surface area contributed by atoms with Gasteiger partial charge in [-0.3, -0.25) is 37.3 Å². The van der Waals surface area contributed by atoms with Crippen LogP contribution in [0.4, 0.5) is 0 Å². The fourth-order valence-electron chi connectivity index (χ4n) is 10.9. The van der Waals surface area contributed by atoms with E-state index in [1.807, 2.05) is 0 Å². The van der Waals surface area contributed by atoms with E-state index in [1.165, 1.54) is 205 Å². The normalized spacial score (nSPS) is 14.0. The molecule has 0 aromatic rings. The first kappa shape index (κ1) is 88.1. The third kappa shape index (κ3) is 64.8. The molecule has 5 atom stereocenters. The second-order valence-corrected chi connectivity index (χ2v) is 28.5. The van der Waals surface area contributed by atoms with Crippen LogP contribution in [0.5, 0.6) is 0 Å². The fourth-order valence-corrected chi connectivity index (χ4v) is 12.4. The number of aliphatic hydroxyl groups is 1. The van der Waals surface area contributed by atoms with Gasteiger partial charge in [0.15, 0.2) is 12.2 Å². The van der Waals surface area contributed by atoms with Gasteiger partial charge in [-0.05, 0) is 25.7 Å². The van der Waals surface area contributed by atoms with E-state index in [2.05, 4.69) is 27.7 Å². The number of carbonyl (C=O) groups is 4. The largest absolute Gasteiger partial charge is 0.472 e. The van der Waals surface area contributed by atoms with Gasteiger partial charge >= 0.3 is 39.5 Å². The maximum Gasteiger partial charge on any atom is 0.472 e. The Hall–Kier alpha value is -1.94. The molecule has 534 valence electrons. The molecule has 0 aromatic carbocycles. The number of unbranched alkanes of at least 4 members (excludes halogenated alkanes) is 46. The lowest BCUT2D eigenvalue weighted by Gasteiger charge is -2.21. The summed E-state index contributed by atoms with van der Waals surface area (Å²) in [6.45, 7) is 4.95. The van der Waals surface area contributed by atoms with Crippen molar-refractivity contribution >= 4 is 39.5 Å². The molecule has 3 N–H and O–H groups in total. The van der Waals surface area contributed by atoms with Crippen molar-refractivity contribution in [2.75, 3.05) is 39.6 Å². The topological polar surface area (TPSA) is 237 Å². The molecule has 19 heteroatoms. The minimum atomic E-state index is -4.95. The quantitative estimate of drug-likeness (QED) is 0.0222. The lowest BCUT2D eigenvalue weighted by atomic mass is 10.0. The average Bonchev–Trinajstić information content (AvgIpc) is 3.73. The molecule has 0 saturated carbocycles. The number of aliphatic hydroxyl groups excluding tert-OH is 1. The molecule has 0 rings (SSSR count). The number of phosphoric acid groups is 2. The van der Waals surface area contributed by atoms with Crippen molar-refractivity contribution in [1.82, 2.24) is 0 Å². The van der Waals surface area contributed by atoms with E-state index >= 15 is 0 Å². The van der Waals surface area contributed by atoms with Gasteiger partial charge in [0.1, 0.15) is 19.3 Å². The van der Waals surface area contributed by atoms with Crippen molar-refractivity contribution in [2.24, 2.45) is 0 Å². The second kappa shape index (κ2) is 65.7. The molecule has 0 saturated heterocycles. The molecule has 0 spiro atoms. The van der Waals surface area contributed by atoms with Crippen LogP contribution in [0, 0.1) is 0 Å². The third-order valence-electron chi connectivity index (χ3n) is 16.6. The number of esters is 4. The minimum absolute atomic E-state index is 0.108. The molecule has 0 fully saturated rings. The molecule has 2 unspecified atom stereocenters. The Kier molecular flexibility index (Phi) is 64.3. The van der Waals surface area contributed by atoms with Gasteiger partial charge in [-0.15, -0.1) is 0 Å². The summed E-state index contributed by atoms with van der Waals surface area (Å²) in [5, 5.41) is 10.6. The molecule has 0 aliphatic rings. The maximum absolute atomic E-state index is 13.0. The van der Waals surface area contributed by atoms with Crippen LogP contribution in [-0.2, 0) is 65.4 Å². The monoisotopic (exact) mass is 1320 g/mol. The Bertz CT molecular complexity index is 1720. The summed E-state index contributed by atoms with van der Waals surface area (Å²) in [5.74, 6) is -2.12. The van der Waals surface area contributed by atoms with Crippen LogP contribution >= 0.6 is 15.6 Å². The molecule has 0 aliphatic carbocycles. The summed E-state index contributed by atoms with van der Waals surface area (Å²) in [6, 6.07) is 0. The van der Waals surface area contributed by atoms with Gasteiger partial charge in [-0.1, -0.05) is 323 Å². The highest BCUT2D eigenvalue weighted by molar-refractivity contribution is 7.47. The number of phosphoric ester groups is 2. The Morgan fingerprint density at radius 3 is 0.656 bits per heavy atom. The SMILES string of the molecule is CCCCCCCCCCCCCCCCCC(=O)O[C@H](COC(=O)CCCCCCCCCCCCCCC)COP(=O)(O)OC[C@@H](O)COP(=O)(O)OC[C@@H](COC(=O)CCCCCCCCCCCC)OC(=O)CCCCCCCCCCCCCC. The van der Waals surface area contributed by atoms with E-state index < -0.39 is 97.5 Å². The Morgan fingerprint density at radius 2 is 0.444 bits per heavy atom. The number of rotatable bonds is 72. The van der Waals surface area contributed by atoms with Crippen molar-refractivity contribution in [3.8, 4) is 0 Å². The lowest BCUT2D eigenvalue weighted by molar-refractivity contribution is -0.161. The average molecular weight is 1330 g/mol. The molecular formula is C71H138O17P2. The highest BCUT2D eigenvalue weighted by Crippen LogP contribution is 2.45. The fraction of sp³-hybridized carbons (Fsp3) is 0.944. The molecule has 0 aliphatic heterocycles. The van der Waals surface area contributed by atoms with Crippen molar-refractivity contribution in [2.45, 2.75) is 393 Å². The second-order valence-electron chi connectivity index (χ2n) is 25.6. The van der Waals surface area contributed by atoms with E-state index in [0.717, 1.165) is 89.9 Å². The van der Waals surface area contributed by atoms with Crippen molar-refractivity contribution in [3.63, 3.8) is 0 Å². The maximum atomic E-state index is 13.0. The molecule has 0 bridgehead atoms. The molecule has 0 amide bonds. The summed E-state index contributed by atoms with van der Waals surface area (Å²) in [7, 11) is -9.90. The highest BCUT2D eigenvalue weighted by Gasteiger charge is 2.30.